The Balaban J connectivity index is 1.24. The van der Waals surface area contributed by atoms with E-state index in [1.165, 1.54) is 22.3 Å². The van der Waals surface area contributed by atoms with E-state index in [9.17, 15) is 4.39 Å². The van der Waals surface area contributed by atoms with E-state index in [1.807, 2.05) is 12.1 Å². The van der Waals surface area contributed by atoms with E-state index >= 15 is 0 Å². The van der Waals surface area contributed by atoms with E-state index < -0.39 is 0 Å². The first-order chi connectivity index (χ1) is 23.8. The van der Waals surface area contributed by atoms with Gasteiger partial charge in [0, 0.05) is 24.2 Å². The highest BCUT2D eigenvalue weighted by atomic mass is 19.1. The average molecular weight is 659 g/mol. The van der Waals surface area contributed by atoms with E-state index in [0.29, 0.717) is 18.3 Å². The SMILES string of the molecule is Cc1ccccc1NC(CC1CCC(C(c2ccc(F)cc2)N(C)C)CC1)c1nc(Cc2ccccc2)c(NC(C)Cc2ccccc2)o1. The van der Waals surface area contributed by atoms with Gasteiger partial charge in [0.25, 0.3) is 0 Å². The zero-order valence-corrected chi connectivity index (χ0v) is 29.4. The van der Waals surface area contributed by atoms with Gasteiger partial charge in [-0.15, -0.1) is 0 Å². The third-order valence-corrected chi connectivity index (χ3v) is 10.1. The van der Waals surface area contributed by atoms with E-state index in [-0.39, 0.29) is 23.9 Å². The molecule has 3 atom stereocenters. The third kappa shape index (κ3) is 9.18. The average Bonchev–Trinajstić information content (AvgIpc) is 3.49. The van der Waals surface area contributed by atoms with Crippen LogP contribution in [0.2, 0.25) is 0 Å². The van der Waals surface area contributed by atoms with Crippen molar-refractivity contribution in [3.8, 4) is 0 Å². The quantitative estimate of drug-likeness (QED) is 0.124. The number of halogens is 1. The zero-order valence-electron chi connectivity index (χ0n) is 29.4. The number of nitrogens with one attached hydrogen (secondary N) is 2. The normalized spacial score (nSPS) is 18.2. The van der Waals surface area contributed by atoms with Crippen molar-refractivity contribution < 1.29 is 8.81 Å². The molecule has 49 heavy (non-hydrogen) atoms. The van der Waals surface area contributed by atoms with Crippen LogP contribution < -0.4 is 10.6 Å². The Morgan fingerprint density at radius 2 is 1.43 bits per heavy atom. The highest BCUT2D eigenvalue weighted by Gasteiger charge is 2.33. The highest BCUT2D eigenvalue weighted by molar-refractivity contribution is 5.52. The van der Waals surface area contributed by atoms with Crippen LogP contribution in [0.25, 0.3) is 0 Å². The van der Waals surface area contributed by atoms with Crippen LogP contribution in [0.15, 0.2) is 114 Å². The Morgan fingerprint density at radius 3 is 2.08 bits per heavy atom. The van der Waals surface area contributed by atoms with Gasteiger partial charge in [0.15, 0.2) is 0 Å². The molecule has 0 amide bonds. The zero-order chi connectivity index (χ0) is 34.2. The molecule has 6 rings (SSSR count). The number of para-hydroxylation sites is 1. The van der Waals surface area contributed by atoms with Crippen LogP contribution in [0.5, 0.6) is 0 Å². The fourth-order valence-corrected chi connectivity index (χ4v) is 7.65. The molecule has 5 aromatic rings. The van der Waals surface area contributed by atoms with Gasteiger partial charge >= 0.3 is 0 Å². The molecule has 0 spiro atoms. The molecule has 1 aliphatic carbocycles. The standard InChI is InChI=1S/C43H51FN4O/c1-30-13-11-12-18-38(30)46-39(29-34-19-21-35(22-20-34)41(48(3)4)36-23-25-37(44)26-24-36)43-47-40(28-33-16-9-6-10-17-33)42(49-43)45-31(2)27-32-14-7-5-8-15-32/h5-18,23-26,31,34-35,39,41,45-46H,19-22,27-29H2,1-4H3. The van der Waals surface area contributed by atoms with Crippen LogP contribution in [0.4, 0.5) is 16.0 Å². The lowest BCUT2D eigenvalue weighted by atomic mass is 9.74. The van der Waals surface area contributed by atoms with Crippen LogP contribution >= 0.6 is 0 Å². The molecule has 256 valence electrons. The predicted molar refractivity (Wildman–Crippen MR) is 199 cm³/mol. The number of hydrogen-bond donors (Lipinski definition) is 2. The second-order valence-electron chi connectivity index (χ2n) is 14.2. The maximum Gasteiger partial charge on any atom is 0.219 e. The minimum Gasteiger partial charge on any atom is -0.423 e. The molecular weight excluding hydrogens is 607 g/mol. The van der Waals surface area contributed by atoms with Gasteiger partial charge in [-0.25, -0.2) is 9.37 Å². The van der Waals surface area contributed by atoms with Crippen molar-refractivity contribution in [3.05, 3.63) is 149 Å². The molecule has 1 aliphatic rings. The van der Waals surface area contributed by atoms with Crippen LogP contribution in [0.3, 0.4) is 0 Å². The second-order valence-corrected chi connectivity index (χ2v) is 14.2. The lowest BCUT2D eigenvalue weighted by Crippen LogP contribution is -2.31. The molecule has 0 bridgehead atoms. The van der Waals surface area contributed by atoms with E-state index in [2.05, 4.69) is 128 Å². The van der Waals surface area contributed by atoms with Crippen molar-refractivity contribution in [1.29, 1.82) is 0 Å². The first kappa shape index (κ1) is 34.4. The first-order valence-electron chi connectivity index (χ1n) is 17.9. The number of anilines is 2. The minimum atomic E-state index is -0.181. The molecule has 1 saturated carbocycles. The number of hydrogen-bond acceptors (Lipinski definition) is 5. The Bertz CT molecular complexity index is 1730. The predicted octanol–water partition coefficient (Wildman–Crippen LogP) is 10.4. The molecule has 2 N–H and O–H groups in total. The van der Waals surface area contributed by atoms with Crippen molar-refractivity contribution in [2.45, 2.75) is 76.9 Å². The number of aromatic nitrogens is 1. The van der Waals surface area contributed by atoms with Crippen LogP contribution in [-0.2, 0) is 12.8 Å². The van der Waals surface area contributed by atoms with Gasteiger partial charge in [-0.2, -0.15) is 0 Å². The van der Waals surface area contributed by atoms with Gasteiger partial charge in [-0.05, 0) is 106 Å². The Labute approximate surface area is 292 Å². The summed E-state index contributed by atoms with van der Waals surface area (Å²) in [5, 5.41) is 7.56. The number of aryl methyl sites for hydroxylation is 1. The lowest BCUT2D eigenvalue weighted by Gasteiger charge is -2.38. The third-order valence-electron chi connectivity index (χ3n) is 10.1. The van der Waals surface area contributed by atoms with Gasteiger partial charge in [0.05, 0.1) is 0 Å². The maximum absolute atomic E-state index is 13.7. The summed E-state index contributed by atoms with van der Waals surface area (Å²) < 4.78 is 20.5. The van der Waals surface area contributed by atoms with Gasteiger partial charge in [0.2, 0.25) is 11.8 Å². The molecule has 1 fully saturated rings. The Hall–Kier alpha value is -4.42. The monoisotopic (exact) mass is 658 g/mol. The van der Waals surface area contributed by atoms with Crippen molar-refractivity contribution in [2.75, 3.05) is 24.7 Å². The minimum absolute atomic E-state index is 0.0705. The molecule has 1 heterocycles. The van der Waals surface area contributed by atoms with Crippen molar-refractivity contribution in [1.82, 2.24) is 9.88 Å². The summed E-state index contributed by atoms with van der Waals surface area (Å²) in [5.74, 6) is 2.38. The first-order valence-corrected chi connectivity index (χ1v) is 17.9. The molecule has 6 heteroatoms. The van der Waals surface area contributed by atoms with Gasteiger partial charge in [-0.3, -0.25) is 0 Å². The molecule has 5 nitrogen and oxygen atoms in total. The fourth-order valence-electron chi connectivity index (χ4n) is 7.65. The second kappa shape index (κ2) is 16.3. The molecular formula is C43H51FN4O. The summed E-state index contributed by atoms with van der Waals surface area (Å²) in [5.41, 5.74) is 6.95. The van der Waals surface area contributed by atoms with Crippen LogP contribution in [0.1, 0.15) is 84.9 Å². The van der Waals surface area contributed by atoms with Crippen molar-refractivity contribution in [2.24, 2.45) is 11.8 Å². The number of benzene rings is 4. The topological polar surface area (TPSA) is 53.3 Å². The number of rotatable bonds is 14. The number of nitrogens with zero attached hydrogens (tertiary/aromatic N) is 2. The lowest BCUT2D eigenvalue weighted by molar-refractivity contribution is 0.143. The van der Waals surface area contributed by atoms with Gasteiger partial charge in [0.1, 0.15) is 17.6 Å². The van der Waals surface area contributed by atoms with E-state index in [0.717, 1.165) is 61.7 Å². The highest BCUT2D eigenvalue weighted by Crippen LogP contribution is 2.43. The van der Waals surface area contributed by atoms with E-state index in [4.69, 9.17) is 9.40 Å². The Kier molecular flexibility index (Phi) is 11.5. The molecule has 0 radical (unpaired) electrons. The molecule has 0 aliphatic heterocycles. The summed E-state index contributed by atoms with van der Waals surface area (Å²) in [6.45, 7) is 4.35. The molecule has 3 unspecified atom stereocenters. The van der Waals surface area contributed by atoms with Crippen LogP contribution in [0, 0.1) is 24.6 Å². The molecule has 0 saturated heterocycles. The van der Waals surface area contributed by atoms with Crippen LogP contribution in [-0.4, -0.2) is 30.0 Å². The largest absolute Gasteiger partial charge is 0.423 e. The fraction of sp³-hybridized carbons (Fsp3) is 0.372. The summed E-state index contributed by atoms with van der Waals surface area (Å²) in [6.07, 6.45) is 7.07. The molecule has 1 aromatic heterocycles. The van der Waals surface area contributed by atoms with Crippen molar-refractivity contribution >= 4 is 11.6 Å². The Morgan fingerprint density at radius 1 is 0.796 bits per heavy atom. The van der Waals surface area contributed by atoms with E-state index in [1.54, 1.807) is 12.1 Å². The molecule has 4 aromatic carbocycles. The van der Waals surface area contributed by atoms with Gasteiger partial charge in [-0.1, -0.05) is 104 Å². The summed E-state index contributed by atoms with van der Waals surface area (Å²) in [6, 6.07) is 37.0. The van der Waals surface area contributed by atoms with Gasteiger partial charge < -0.3 is 20.0 Å². The summed E-state index contributed by atoms with van der Waals surface area (Å²) >= 11 is 0. The smallest absolute Gasteiger partial charge is 0.219 e. The maximum atomic E-state index is 13.7. The number of oxazole rings is 1. The summed E-state index contributed by atoms with van der Waals surface area (Å²) in [7, 11) is 4.29. The van der Waals surface area contributed by atoms with Crippen molar-refractivity contribution in [3.63, 3.8) is 0 Å². The summed E-state index contributed by atoms with van der Waals surface area (Å²) in [4.78, 5) is 7.54.